The predicted molar refractivity (Wildman–Crippen MR) is 72.9 cm³/mol. The van der Waals surface area contributed by atoms with Crippen LogP contribution in [-0.2, 0) is 4.74 Å². The topological polar surface area (TPSA) is 89.3 Å². The third kappa shape index (κ3) is 4.66. The maximum absolute atomic E-state index is 11.9. The molecular weight excluding hydrogens is 268 g/mol. The summed E-state index contributed by atoms with van der Waals surface area (Å²) in [5.41, 5.74) is 2.77. The Balaban J connectivity index is 1.76. The number of hydrogen-bond acceptors (Lipinski definition) is 5. The van der Waals surface area contributed by atoms with E-state index >= 15 is 0 Å². The first-order valence-electron chi connectivity index (χ1n) is 6.19. The summed E-state index contributed by atoms with van der Waals surface area (Å²) in [6.45, 7) is 1.78. The minimum atomic E-state index is -0.226. The average molecular weight is 285 g/mol. The highest BCUT2D eigenvalue weighted by atomic mass is 35.5. The molecule has 0 bridgehead atoms. The molecule has 7 heteroatoms. The van der Waals surface area contributed by atoms with Crippen molar-refractivity contribution >= 4 is 23.3 Å². The van der Waals surface area contributed by atoms with E-state index in [1.807, 2.05) is 0 Å². The normalized spacial score (nSPS) is 14.2. The first-order chi connectivity index (χ1) is 9.19. The number of pyridine rings is 1. The lowest BCUT2D eigenvalue weighted by molar-refractivity contribution is 0.0906. The van der Waals surface area contributed by atoms with Crippen LogP contribution in [0.1, 0.15) is 23.2 Å². The summed E-state index contributed by atoms with van der Waals surface area (Å²) in [7, 11) is 0. The molecule has 0 radical (unpaired) electrons. The number of nitrogens with one attached hydrogen (secondary N) is 2. The molecule has 1 aromatic heterocycles. The van der Waals surface area contributed by atoms with E-state index in [1.165, 1.54) is 25.0 Å². The van der Waals surface area contributed by atoms with Crippen LogP contribution in [0.25, 0.3) is 0 Å². The zero-order chi connectivity index (χ0) is 13.7. The van der Waals surface area contributed by atoms with E-state index in [-0.39, 0.29) is 11.1 Å². The van der Waals surface area contributed by atoms with Crippen molar-refractivity contribution in [2.45, 2.75) is 12.8 Å². The average Bonchev–Trinajstić information content (AvgIpc) is 3.21. The predicted octanol–water partition coefficient (Wildman–Crippen LogP) is 1.18. The monoisotopic (exact) mass is 284 g/mol. The number of hydrogen-bond donors (Lipinski definition) is 3. The van der Waals surface area contributed by atoms with Crippen LogP contribution in [0.3, 0.4) is 0 Å². The molecule has 0 aliphatic heterocycles. The van der Waals surface area contributed by atoms with Gasteiger partial charge in [-0.3, -0.25) is 4.79 Å². The number of rotatable bonds is 7. The van der Waals surface area contributed by atoms with Crippen molar-refractivity contribution in [1.29, 1.82) is 0 Å². The first kappa shape index (κ1) is 14.0. The highest BCUT2D eigenvalue weighted by Gasteiger charge is 2.20. The Bertz CT molecular complexity index is 451. The van der Waals surface area contributed by atoms with Crippen molar-refractivity contribution in [2.75, 3.05) is 25.2 Å². The lowest BCUT2D eigenvalue weighted by Crippen LogP contribution is -2.27. The third-order valence-electron chi connectivity index (χ3n) is 2.79. The lowest BCUT2D eigenvalue weighted by atomic mass is 10.2. The third-order valence-corrected chi connectivity index (χ3v) is 2.98. The maximum atomic E-state index is 11.9. The van der Waals surface area contributed by atoms with Gasteiger partial charge >= 0.3 is 0 Å². The zero-order valence-corrected chi connectivity index (χ0v) is 11.2. The molecule has 0 saturated heterocycles. The molecule has 19 heavy (non-hydrogen) atoms. The molecule has 4 N–H and O–H groups in total. The van der Waals surface area contributed by atoms with Crippen LogP contribution in [0.2, 0.25) is 5.15 Å². The number of nitrogens with two attached hydrogens (primary N) is 1. The van der Waals surface area contributed by atoms with Gasteiger partial charge in [0.05, 0.1) is 6.61 Å². The number of nitrogen functional groups attached to an aromatic ring is 1. The van der Waals surface area contributed by atoms with Crippen molar-refractivity contribution in [1.82, 2.24) is 10.3 Å². The fraction of sp³-hybridized carbons (Fsp3) is 0.500. The Morgan fingerprint density at radius 2 is 2.32 bits per heavy atom. The second kappa shape index (κ2) is 6.70. The molecule has 0 aromatic carbocycles. The molecule has 0 atom stereocenters. The first-order valence-corrected chi connectivity index (χ1v) is 6.57. The largest absolute Gasteiger partial charge is 0.379 e. The summed E-state index contributed by atoms with van der Waals surface area (Å²) < 4.78 is 5.43. The molecule has 1 aliphatic carbocycles. The summed E-state index contributed by atoms with van der Waals surface area (Å²) >= 11 is 5.79. The molecule has 1 amide bonds. The summed E-state index contributed by atoms with van der Waals surface area (Å²) in [4.78, 5) is 15.7. The Morgan fingerprint density at radius 3 is 3.00 bits per heavy atom. The van der Waals surface area contributed by atoms with Crippen LogP contribution in [0, 0.1) is 5.92 Å². The van der Waals surface area contributed by atoms with Crippen LogP contribution in [0.4, 0.5) is 5.82 Å². The van der Waals surface area contributed by atoms with Gasteiger partial charge in [0.15, 0.2) is 0 Å². The van der Waals surface area contributed by atoms with E-state index in [4.69, 9.17) is 22.2 Å². The smallest absolute Gasteiger partial charge is 0.251 e. The molecule has 1 aromatic rings. The minimum Gasteiger partial charge on any atom is -0.379 e. The number of carbonyl (C=O) groups excluding carboxylic acids is 1. The van der Waals surface area contributed by atoms with Crippen molar-refractivity contribution in [3.05, 3.63) is 22.8 Å². The Morgan fingerprint density at radius 1 is 1.53 bits per heavy atom. The Labute approximate surface area is 116 Å². The molecular formula is C12H17ClN4O2. The van der Waals surface area contributed by atoms with E-state index in [0.29, 0.717) is 24.5 Å². The number of halogens is 1. The van der Waals surface area contributed by atoms with E-state index < -0.39 is 0 Å². The molecule has 1 saturated carbocycles. The van der Waals surface area contributed by atoms with Gasteiger partial charge in [-0.15, -0.1) is 0 Å². The van der Waals surface area contributed by atoms with Gasteiger partial charge < -0.3 is 15.5 Å². The molecule has 1 aliphatic rings. The van der Waals surface area contributed by atoms with Crippen molar-refractivity contribution in [3.8, 4) is 0 Å². The van der Waals surface area contributed by atoms with Gasteiger partial charge in [0.2, 0.25) is 0 Å². The maximum Gasteiger partial charge on any atom is 0.251 e. The minimum absolute atomic E-state index is 0.214. The molecule has 0 spiro atoms. The molecule has 6 nitrogen and oxygen atoms in total. The molecule has 2 rings (SSSR count). The number of amides is 1. The number of carbonyl (C=O) groups is 1. The Kier molecular flexibility index (Phi) is 4.95. The van der Waals surface area contributed by atoms with E-state index in [1.54, 1.807) is 0 Å². The van der Waals surface area contributed by atoms with Gasteiger partial charge in [-0.25, -0.2) is 10.8 Å². The van der Waals surface area contributed by atoms with Gasteiger partial charge in [-0.2, -0.15) is 0 Å². The molecule has 1 fully saturated rings. The molecule has 1 heterocycles. The second-order valence-corrected chi connectivity index (χ2v) is 4.87. The van der Waals surface area contributed by atoms with Gasteiger partial charge in [-0.05, 0) is 30.9 Å². The van der Waals surface area contributed by atoms with Crippen LogP contribution >= 0.6 is 11.6 Å². The van der Waals surface area contributed by atoms with Crippen molar-refractivity contribution in [2.24, 2.45) is 11.8 Å². The summed E-state index contributed by atoms with van der Waals surface area (Å²) in [5.74, 6) is 6.09. The van der Waals surface area contributed by atoms with E-state index in [0.717, 1.165) is 12.5 Å². The van der Waals surface area contributed by atoms with Crippen LogP contribution in [-0.4, -0.2) is 30.6 Å². The molecule has 0 unspecified atom stereocenters. The fourth-order valence-electron chi connectivity index (χ4n) is 1.58. The van der Waals surface area contributed by atoms with E-state index in [9.17, 15) is 4.79 Å². The number of anilines is 1. The number of hydrazine groups is 1. The van der Waals surface area contributed by atoms with Gasteiger partial charge in [0.25, 0.3) is 5.91 Å². The molecule has 104 valence electrons. The van der Waals surface area contributed by atoms with Crippen LogP contribution in [0.5, 0.6) is 0 Å². The fourth-order valence-corrected chi connectivity index (χ4v) is 1.78. The number of nitrogens with zero attached hydrogens (tertiary/aromatic N) is 1. The van der Waals surface area contributed by atoms with Gasteiger partial charge in [0.1, 0.15) is 11.0 Å². The van der Waals surface area contributed by atoms with Crippen LogP contribution in [0.15, 0.2) is 12.1 Å². The van der Waals surface area contributed by atoms with Gasteiger partial charge in [0, 0.05) is 18.7 Å². The quantitative estimate of drug-likeness (QED) is 0.303. The number of aromatic nitrogens is 1. The summed E-state index contributed by atoms with van der Waals surface area (Å²) in [6, 6.07) is 3.02. The highest BCUT2D eigenvalue weighted by Crippen LogP contribution is 2.28. The van der Waals surface area contributed by atoms with Crippen molar-refractivity contribution in [3.63, 3.8) is 0 Å². The van der Waals surface area contributed by atoms with Crippen LogP contribution < -0.4 is 16.6 Å². The summed E-state index contributed by atoms with van der Waals surface area (Å²) in [5, 5.41) is 2.97. The number of ether oxygens (including phenoxy) is 1. The van der Waals surface area contributed by atoms with Gasteiger partial charge in [-0.1, -0.05) is 11.6 Å². The van der Waals surface area contributed by atoms with E-state index in [2.05, 4.69) is 15.7 Å². The summed E-state index contributed by atoms with van der Waals surface area (Å²) in [6.07, 6.45) is 2.52. The standard InChI is InChI=1S/C12H17ClN4O2/c13-10-5-9(6-11(16-10)17-14)12(18)15-3-4-19-7-8-1-2-8/h5-6,8H,1-4,7,14H2,(H,15,18)(H,16,17). The van der Waals surface area contributed by atoms with Crippen molar-refractivity contribution < 1.29 is 9.53 Å². The lowest BCUT2D eigenvalue weighted by Gasteiger charge is -2.07. The highest BCUT2D eigenvalue weighted by molar-refractivity contribution is 6.29. The Hall–Kier alpha value is -1.37. The SMILES string of the molecule is NNc1cc(C(=O)NCCOCC2CC2)cc(Cl)n1. The zero-order valence-electron chi connectivity index (χ0n) is 10.5. The second-order valence-electron chi connectivity index (χ2n) is 4.48.